The number of unbranched alkanes of at least 4 members (excludes halogenated alkanes) is 2. The number of nitrogens with two attached hydrogens (primary N) is 1. The minimum atomic E-state index is 0.0688. The number of nitrogens with zero attached hydrogens (tertiary/aromatic N) is 1. The highest BCUT2D eigenvalue weighted by molar-refractivity contribution is 5.79. The van der Waals surface area contributed by atoms with Gasteiger partial charge in [0.05, 0.1) is 26.9 Å². The fourth-order valence-corrected chi connectivity index (χ4v) is 4.07. The molecule has 0 aliphatic carbocycles. The number of hydrogen-bond acceptors (Lipinski definition) is 5. The molecule has 0 aliphatic rings. The molecule has 35 heavy (non-hydrogen) atoms. The maximum atomic E-state index is 11.8. The zero-order chi connectivity index (χ0) is 25.0. The third-order valence-electron chi connectivity index (χ3n) is 5.90. The van der Waals surface area contributed by atoms with Gasteiger partial charge in [0.2, 0.25) is 17.1 Å². The summed E-state index contributed by atoms with van der Waals surface area (Å²) >= 11 is 0. The van der Waals surface area contributed by atoms with E-state index in [1.165, 1.54) is 10.9 Å². The Hall–Kier alpha value is -3.58. The summed E-state index contributed by atoms with van der Waals surface area (Å²) < 4.78 is 18.9. The summed E-state index contributed by atoms with van der Waals surface area (Å²) in [6.07, 6.45) is 7.42. The van der Waals surface area contributed by atoms with Crippen molar-refractivity contribution in [3.05, 3.63) is 59.8 Å². The summed E-state index contributed by atoms with van der Waals surface area (Å²) in [5.74, 6) is 2.10. The van der Waals surface area contributed by atoms with E-state index >= 15 is 0 Å². The fourth-order valence-electron chi connectivity index (χ4n) is 4.07. The third-order valence-corrected chi connectivity index (χ3v) is 5.90. The zero-order valence-electron chi connectivity index (χ0n) is 20.9. The van der Waals surface area contributed by atoms with Gasteiger partial charge in [-0.1, -0.05) is 12.1 Å². The Morgan fingerprint density at radius 1 is 0.943 bits per heavy atom. The van der Waals surface area contributed by atoms with Crippen LogP contribution in [0.3, 0.4) is 0 Å². The van der Waals surface area contributed by atoms with Crippen molar-refractivity contribution >= 4 is 29.0 Å². The van der Waals surface area contributed by atoms with E-state index in [-0.39, 0.29) is 5.91 Å². The monoisotopic (exact) mass is 478 g/mol. The molecule has 7 nitrogen and oxygen atoms in total. The number of hydrogen-bond donors (Lipinski definition) is 2. The normalized spacial score (nSPS) is 11.1. The molecule has 0 atom stereocenters. The van der Waals surface area contributed by atoms with Crippen LogP contribution in [0.5, 0.6) is 17.2 Å². The Bertz CT molecular complexity index is 1140. The van der Waals surface area contributed by atoms with Crippen LogP contribution < -0.4 is 29.8 Å². The smallest absolute Gasteiger partial charge is 0.220 e. The second kappa shape index (κ2) is 13.3. The predicted molar refractivity (Wildman–Crippen MR) is 140 cm³/mol. The molecule has 186 valence electrons. The van der Waals surface area contributed by atoms with Crippen molar-refractivity contribution in [2.45, 2.75) is 32.2 Å². The van der Waals surface area contributed by atoms with Gasteiger partial charge in [0.25, 0.3) is 0 Å². The quantitative estimate of drug-likeness (QED) is 0.287. The van der Waals surface area contributed by atoms with Crippen LogP contribution in [0.2, 0.25) is 0 Å². The molecule has 0 fully saturated rings. The van der Waals surface area contributed by atoms with Gasteiger partial charge >= 0.3 is 0 Å². The number of benzene rings is 2. The molecule has 1 amide bonds. The van der Waals surface area contributed by atoms with Crippen LogP contribution in [0.15, 0.2) is 48.5 Å². The molecule has 0 saturated carbocycles. The molecular formula is C28H36N3O4+. The van der Waals surface area contributed by atoms with Gasteiger partial charge in [-0.15, -0.1) is 0 Å². The Morgan fingerprint density at radius 3 is 2.37 bits per heavy atom. The first-order valence-corrected chi connectivity index (χ1v) is 12.0. The van der Waals surface area contributed by atoms with Crippen molar-refractivity contribution < 1.29 is 23.6 Å². The molecule has 3 aromatic rings. The minimum absolute atomic E-state index is 0.0688. The van der Waals surface area contributed by atoms with Gasteiger partial charge < -0.3 is 25.3 Å². The number of rotatable bonds is 13. The molecule has 0 unspecified atom stereocenters. The number of amides is 1. The highest BCUT2D eigenvalue weighted by Gasteiger charge is 2.15. The van der Waals surface area contributed by atoms with Crippen LogP contribution in [0.1, 0.15) is 36.9 Å². The molecule has 3 N–H and O–H groups in total. The van der Waals surface area contributed by atoms with Crippen molar-refractivity contribution in [3.63, 3.8) is 0 Å². The van der Waals surface area contributed by atoms with Gasteiger partial charge in [-0.2, -0.15) is 4.57 Å². The van der Waals surface area contributed by atoms with Crippen molar-refractivity contribution in [1.82, 2.24) is 5.32 Å². The number of para-hydroxylation sites is 1. The van der Waals surface area contributed by atoms with Gasteiger partial charge in [-0.25, -0.2) is 0 Å². The highest BCUT2D eigenvalue weighted by atomic mass is 16.5. The van der Waals surface area contributed by atoms with Gasteiger partial charge in [-0.3, -0.25) is 4.79 Å². The van der Waals surface area contributed by atoms with Crippen LogP contribution >= 0.6 is 0 Å². The van der Waals surface area contributed by atoms with Gasteiger partial charge in [-0.05, 0) is 31.1 Å². The molecule has 0 bridgehead atoms. The maximum absolute atomic E-state index is 11.8. The van der Waals surface area contributed by atoms with E-state index < -0.39 is 0 Å². The summed E-state index contributed by atoms with van der Waals surface area (Å²) in [5, 5.41) is 4.01. The van der Waals surface area contributed by atoms with Crippen LogP contribution in [-0.2, 0) is 11.3 Å². The summed E-state index contributed by atoms with van der Waals surface area (Å²) in [6, 6.07) is 16.3. The van der Waals surface area contributed by atoms with E-state index in [1.54, 1.807) is 21.3 Å². The number of methoxy groups -OCH3 is 3. The van der Waals surface area contributed by atoms with Crippen LogP contribution in [-0.4, -0.2) is 40.3 Å². The second-order valence-electron chi connectivity index (χ2n) is 8.20. The standard InChI is InChI=1S/C28H35N3O4/c1-33-23-19-26(34-2)24(27(20-23)35-3)15-14-22-13-12-21-9-6-7-10-25(21)31(22)18-8-4-5-11-28(32)30-17-16-29/h6-7,9-10,12-15,19-20H,4-5,8,11,16-18,29H2,1-3H3/p+1/b15-14+. The predicted octanol–water partition coefficient (Wildman–Crippen LogP) is 3.96. The van der Waals surface area contributed by atoms with Gasteiger partial charge in [0.15, 0.2) is 0 Å². The number of nitrogens with one attached hydrogen (secondary N) is 1. The van der Waals surface area contributed by atoms with E-state index in [1.807, 2.05) is 18.2 Å². The molecule has 0 saturated heterocycles. The number of ether oxygens (including phenoxy) is 3. The van der Waals surface area contributed by atoms with E-state index in [0.29, 0.717) is 36.8 Å². The summed E-state index contributed by atoms with van der Waals surface area (Å²) in [4.78, 5) is 11.8. The number of aryl methyl sites for hydroxylation is 1. The largest absolute Gasteiger partial charge is 0.496 e. The topological polar surface area (TPSA) is 86.7 Å². The molecule has 7 heteroatoms. The van der Waals surface area contributed by atoms with Crippen molar-refractivity contribution in [2.75, 3.05) is 34.4 Å². The van der Waals surface area contributed by atoms with Crippen LogP contribution in [0, 0.1) is 0 Å². The first-order chi connectivity index (χ1) is 17.1. The molecule has 0 aliphatic heterocycles. The number of aromatic nitrogens is 1. The van der Waals surface area contributed by atoms with E-state index in [4.69, 9.17) is 19.9 Å². The van der Waals surface area contributed by atoms with Gasteiger partial charge in [0, 0.05) is 61.7 Å². The second-order valence-corrected chi connectivity index (χ2v) is 8.20. The third kappa shape index (κ3) is 6.96. The van der Waals surface area contributed by atoms with Gasteiger partial charge in [0.1, 0.15) is 23.8 Å². The van der Waals surface area contributed by atoms with Crippen LogP contribution in [0.25, 0.3) is 23.1 Å². The van der Waals surface area contributed by atoms with Crippen molar-refractivity contribution in [3.8, 4) is 17.2 Å². The van der Waals surface area contributed by atoms with E-state index in [0.717, 1.165) is 37.1 Å². The lowest BCUT2D eigenvalue weighted by Crippen LogP contribution is -2.38. The van der Waals surface area contributed by atoms with E-state index in [2.05, 4.69) is 52.4 Å². The average molecular weight is 479 g/mol. The van der Waals surface area contributed by atoms with Crippen LogP contribution in [0.4, 0.5) is 0 Å². The lowest BCUT2D eigenvalue weighted by molar-refractivity contribution is -0.673. The Kier molecular flexibility index (Phi) is 9.93. The van der Waals surface area contributed by atoms with Crippen molar-refractivity contribution in [2.24, 2.45) is 5.73 Å². The lowest BCUT2D eigenvalue weighted by atomic mass is 10.1. The average Bonchev–Trinajstić information content (AvgIpc) is 2.90. The molecular weight excluding hydrogens is 442 g/mol. The van der Waals surface area contributed by atoms with Crippen molar-refractivity contribution in [1.29, 1.82) is 0 Å². The Morgan fingerprint density at radius 2 is 1.69 bits per heavy atom. The maximum Gasteiger partial charge on any atom is 0.220 e. The molecule has 2 aromatic carbocycles. The minimum Gasteiger partial charge on any atom is -0.496 e. The molecule has 0 radical (unpaired) electrons. The Balaban J connectivity index is 1.82. The molecule has 0 spiro atoms. The molecule has 3 rings (SSSR count). The lowest BCUT2D eigenvalue weighted by Gasteiger charge is -2.12. The van der Waals surface area contributed by atoms with E-state index in [9.17, 15) is 4.79 Å². The summed E-state index contributed by atoms with van der Waals surface area (Å²) in [5.41, 5.74) is 8.53. The molecule has 1 heterocycles. The number of fused-ring (bicyclic) bond motifs is 1. The SMILES string of the molecule is COc1cc(OC)c(/C=C/c2ccc3ccccc3[n+]2CCCCCC(=O)NCCN)c(OC)c1. The number of carbonyl (C=O) groups is 1. The summed E-state index contributed by atoms with van der Waals surface area (Å²) in [7, 11) is 4.89. The first-order valence-electron chi connectivity index (χ1n) is 12.0. The zero-order valence-corrected chi connectivity index (χ0v) is 20.9. The number of carbonyl (C=O) groups excluding carboxylic acids is 1. The first kappa shape index (κ1) is 26.0. The molecule has 1 aromatic heterocycles. The Labute approximate surface area is 207 Å². The number of pyridine rings is 1. The fraction of sp³-hybridized carbons (Fsp3) is 0.357. The summed E-state index contributed by atoms with van der Waals surface area (Å²) in [6.45, 7) is 1.85. The highest BCUT2D eigenvalue weighted by Crippen LogP contribution is 2.35.